The summed E-state index contributed by atoms with van der Waals surface area (Å²) in [6.45, 7) is 0. The van der Waals surface area contributed by atoms with E-state index < -0.39 is 0 Å². The topological polar surface area (TPSA) is 51.6 Å². The second-order valence-corrected chi connectivity index (χ2v) is 13.2. The van der Waals surface area contributed by atoms with E-state index in [1.54, 1.807) is 22.7 Å². The Kier molecular flexibility index (Phi) is 6.47. The standard InChI is InChI=1S/C40H24N4S2/c1-4-11-25(12-5-1)37-42-38(26-13-6-2-7-14-26)44-39(43-37)29-19-21-31-32-23-28(20-22-33(32)45-35(31)24-29)30-17-10-18-34-36(30)41-40(46-34)27-15-8-3-9-16-27/h1-24H. The molecule has 3 aromatic heterocycles. The van der Waals surface area contributed by atoms with E-state index in [1.807, 2.05) is 66.7 Å². The summed E-state index contributed by atoms with van der Waals surface area (Å²) in [5, 5.41) is 3.51. The van der Waals surface area contributed by atoms with Gasteiger partial charge in [0.05, 0.1) is 10.2 Å². The van der Waals surface area contributed by atoms with Crippen LogP contribution < -0.4 is 0 Å². The lowest BCUT2D eigenvalue weighted by Crippen LogP contribution is -1.99. The molecule has 0 saturated carbocycles. The lowest BCUT2D eigenvalue weighted by molar-refractivity contribution is 1.07. The summed E-state index contributed by atoms with van der Waals surface area (Å²) in [6.07, 6.45) is 0. The van der Waals surface area contributed by atoms with Gasteiger partial charge in [0, 0.05) is 48.0 Å². The van der Waals surface area contributed by atoms with Gasteiger partial charge in [0.2, 0.25) is 0 Å². The number of thiazole rings is 1. The Labute approximate surface area is 273 Å². The van der Waals surface area contributed by atoms with Crippen molar-refractivity contribution >= 4 is 53.1 Å². The Hall–Kier alpha value is -5.56. The molecule has 0 aliphatic carbocycles. The lowest BCUT2D eigenvalue weighted by Gasteiger charge is -2.08. The minimum Gasteiger partial charge on any atom is -0.235 e. The van der Waals surface area contributed by atoms with Crippen LogP contribution in [0, 0.1) is 0 Å². The van der Waals surface area contributed by atoms with Crippen molar-refractivity contribution < 1.29 is 0 Å². The maximum atomic E-state index is 5.09. The average Bonchev–Trinajstić information content (AvgIpc) is 3.74. The molecule has 6 heteroatoms. The summed E-state index contributed by atoms with van der Waals surface area (Å²) in [6, 6.07) is 50.4. The molecule has 46 heavy (non-hydrogen) atoms. The second kappa shape index (κ2) is 11.1. The molecular weight excluding hydrogens is 601 g/mol. The van der Waals surface area contributed by atoms with E-state index in [0.29, 0.717) is 17.5 Å². The fourth-order valence-corrected chi connectivity index (χ4v) is 8.03. The van der Waals surface area contributed by atoms with Crippen LogP contribution in [0.2, 0.25) is 0 Å². The number of para-hydroxylation sites is 1. The number of nitrogens with zero attached hydrogens (tertiary/aromatic N) is 4. The van der Waals surface area contributed by atoms with Gasteiger partial charge >= 0.3 is 0 Å². The number of thiophene rings is 1. The smallest absolute Gasteiger partial charge is 0.164 e. The summed E-state index contributed by atoms with van der Waals surface area (Å²) in [7, 11) is 0. The van der Waals surface area contributed by atoms with Gasteiger partial charge in [0.15, 0.2) is 17.5 Å². The van der Waals surface area contributed by atoms with Gasteiger partial charge in [-0.05, 0) is 29.8 Å². The predicted octanol–water partition coefficient (Wildman–Crippen LogP) is 11.2. The van der Waals surface area contributed by atoms with E-state index in [4.69, 9.17) is 19.9 Å². The summed E-state index contributed by atoms with van der Waals surface area (Å²) >= 11 is 3.54. The lowest BCUT2D eigenvalue weighted by atomic mass is 10.0. The molecule has 9 aromatic rings. The van der Waals surface area contributed by atoms with Crippen LogP contribution in [0.15, 0.2) is 146 Å². The van der Waals surface area contributed by atoms with Crippen molar-refractivity contribution in [1.82, 2.24) is 19.9 Å². The first kappa shape index (κ1) is 26.8. The molecule has 0 atom stereocenters. The van der Waals surface area contributed by atoms with Gasteiger partial charge in [0.1, 0.15) is 5.01 Å². The van der Waals surface area contributed by atoms with Crippen LogP contribution in [0.4, 0.5) is 0 Å². The molecule has 216 valence electrons. The number of aromatic nitrogens is 4. The molecular formula is C40H24N4S2. The highest BCUT2D eigenvalue weighted by Crippen LogP contribution is 2.41. The molecule has 0 aliphatic rings. The maximum Gasteiger partial charge on any atom is 0.164 e. The van der Waals surface area contributed by atoms with E-state index in [0.717, 1.165) is 38.3 Å². The first-order valence-corrected chi connectivity index (χ1v) is 16.7. The van der Waals surface area contributed by atoms with Crippen molar-refractivity contribution in [1.29, 1.82) is 0 Å². The largest absolute Gasteiger partial charge is 0.235 e. The molecule has 0 aliphatic heterocycles. The van der Waals surface area contributed by atoms with Crippen molar-refractivity contribution in [2.75, 3.05) is 0 Å². The van der Waals surface area contributed by atoms with Crippen molar-refractivity contribution in [3.63, 3.8) is 0 Å². The van der Waals surface area contributed by atoms with Crippen molar-refractivity contribution in [2.24, 2.45) is 0 Å². The molecule has 0 N–H and O–H groups in total. The van der Waals surface area contributed by atoms with E-state index in [2.05, 4.69) is 78.9 Å². The molecule has 0 unspecified atom stereocenters. The maximum absolute atomic E-state index is 5.09. The zero-order chi connectivity index (χ0) is 30.5. The molecule has 0 bridgehead atoms. The summed E-state index contributed by atoms with van der Waals surface area (Å²) in [4.78, 5) is 19.8. The first-order valence-electron chi connectivity index (χ1n) is 15.1. The minimum atomic E-state index is 0.664. The fraction of sp³-hybridized carbons (Fsp3) is 0. The highest BCUT2D eigenvalue weighted by molar-refractivity contribution is 7.25. The fourth-order valence-electron chi connectivity index (χ4n) is 5.91. The zero-order valence-corrected chi connectivity index (χ0v) is 26.1. The monoisotopic (exact) mass is 624 g/mol. The minimum absolute atomic E-state index is 0.664. The van der Waals surface area contributed by atoms with Crippen LogP contribution in [0.5, 0.6) is 0 Å². The molecule has 3 heterocycles. The van der Waals surface area contributed by atoms with Crippen LogP contribution in [0.1, 0.15) is 0 Å². The molecule has 9 rings (SSSR count). The Bertz CT molecular complexity index is 2460. The van der Waals surface area contributed by atoms with Crippen LogP contribution >= 0.6 is 22.7 Å². The van der Waals surface area contributed by atoms with E-state index in [-0.39, 0.29) is 0 Å². The van der Waals surface area contributed by atoms with Crippen molar-refractivity contribution in [2.45, 2.75) is 0 Å². The third-order valence-electron chi connectivity index (χ3n) is 8.18. The van der Waals surface area contributed by atoms with Crippen LogP contribution in [-0.2, 0) is 0 Å². The zero-order valence-electron chi connectivity index (χ0n) is 24.5. The summed E-state index contributed by atoms with van der Waals surface area (Å²) in [5.74, 6) is 1.99. The molecule has 6 aromatic carbocycles. The van der Waals surface area contributed by atoms with Crippen molar-refractivity contribution in [3.8, 4) is 55.9 Å². The third kappa shape index (κ3) is 4.76. The third-order valence-corrected chi connectivity index (χ3v) is 10.4. The van der Waals surface area contributed by atoms with Crippen LogP contribution in [0.3, 0.4) is 0 Å². The summed E-state index contributed by atoms with van der Waals surface area (Å²) in [5.41, 5.74) is 7.41. The molecule has 4 nitrogen and oxygen atoms in total. The van der Waals surface area contributed by atoms with Gasteiger partial charge < -0.3 is 0 Å². The predicted molar refractivity (Wildman–Crippen MR) is 193 cm³/mol. The molecule has 0 saturated heterocycles. The normalized spacial score (nSPS) is 11.5. The summed E-state index contributed by atoms with van der Waals surface area (Å²) < 4.78 is 3.64. The van der Waals surface area contributed by atoms with Gasteiger partial charge in [-0.2, -0.15) is 0 Å². The highest BCUT2D eigenvalue weighted by atomic mass is 32.1. The Morgan fingerprint density at radius 1 is 0.348 bits per heavy atom. The van der Waals surface area contributed by atoms with Gasteiger partial charge in [0.25, 0.3) is 0 Å². The van der Waals surface area contributed by atoms with E-state index >= 15 is 0 Å². The van der Waals surface area contributed by atoms with Gasteiger partial charge in [-0.3, -0.25) is 0 Å². The molecule has 0 radical (unpaired) electrons. The van der Waals surface area contributed by atoms with Gasteiger partial charge in [-0.25, -0.2) is 19.9 Å². The molecule has 0 amide bonds. The Morgan fingerprint density at radius 2 is 0.957 bits per heavy atom. The number of hydrogen-bond acceptors (Lipinski definition) is 6. The number of rotatable bonds is 5. The molecule has 0 spiro atoms. The van der Waals surface area contributed by atoms with E-state index in [9.17, 15) is 0 Å². The SMILES string of the molecule is c1ccc(-c2nc(-c3ccccc3)nc(-c3ccc4c(c3)sc3ccc(-c5cccc6sc(-c7ccccc7)nc56)cc34)n2)cc1. The number of hydrogen-bond donors (Lipinski definition) is 0. The number of fused-ring (bicyclic) bond motifs is 4. The van der Waals surface area contributed by atoms with Gasteiger partial charge in [-0.15, -0.1) is 22.7 Å². The Balaban J connectivity index is 1.15. The van der Waals surface area contributed by atoms with E-state index in [1.165, 1.54) is 30.4 Å². The van der Waals surface area contributed by atoms with Gasteiger partial charge in [-0.1, -0.05) is 121 Å². The average molecular weight is 625 g/mol. The van der Waals surface area contributed by atoms with Crippen LogP contribution in [0.25, 0.3) is 86.3 Å². The van der Waals surface area contributed by atoms with Crippen LogP contribution in [-0.4, -0.2) is 19.9 Å². The highest BCUT2D eigenvalue weighted by Gasteiger charge is 2.16. The quantitative estimate of drug-likeness (QED) is 0.191. The Morgan fingerprint density at radius 3 is 1.63 bits per heavy atom. The van der Waals surface area contributed by atoms with Crippen molar-refractivity contribution in [3.05, 3.63) is 146 Å². The first-order chi connectivity index (χ1) is 22.8. The second-order valence-electron chi connectivity index (χ2n) is 11.1. The molecule has 0 fully saturated rings. The number of benzene rings is 6.